The number of hydrogen-bond donors (Lipinski definition) is 1. The molecule has 0 spiro atoms. The van der Waals surface area contributed by atoms with E-state index >= 15 is 0 Å². The van der Waals surface area contributed by atoms with Gasteiger partial charge in [-0.15, -0.1) is 0 Å². The summed E-state index contributed by atoms with van der Waals surface area (Å²) in [7, 11) is 2.32. The van der Waals surface area contributed by atoms with Crippen LogP contribution in [-0.2, 0) is 0 Å². The van der Waals surface area contributed by atoms with Gasteiger partial charge in [0.25, 0.3) is 0 Å². The molecular formula is C14H30N2. The molecule has 1 saturated heterocycles. The van der Waals surface area contributed by atoms with E-state index in [1.165, 1.54) is 58.2 Å². The minimum atomic E-state index is 0.807. The number of hydrogen-bond acceptors (Lipinski definition) is 2. The maximum absolute atomic E-state index is 3.51. The highest BCUT2D eigenvalue weighted by atomic mass is 15.1. The monoisotopic (exact) mass is 226 g/mol. The normalized spacial score (nSPS) is 23.6. The fraction of sp³-hybridized carbons (Fsp3) is 1.00. The van der Waals surface area contributed by atoms with Crippen molar-refractivity contribution in [2.75, 3.05) is 26.7 Å². The summed E-state index contributed by atoms with van der Waals surface area (Å²) in [5.41, 5.74) is 0. The SMILES string of the molecule is CCCCC(CC)N(C)CC1CCCNC1. The Morgan fingerprint density at radius 1 is 1.38 bits per heavy atom. The number of nitrogens with zero attached hydrogens (tertiary/aromatic N) is 1. The zero-order valence-corrected chi connectivity index (χ0v) is 11.5. The Bertz CT molecular complexity index is 164. The van der Waals surface area contributed by atoms with Crippen molar-refractivity contribution in [1.29, 1.82) is 0 Å². The van der Waals surface area contributed by atoms with Gasteiger partial charge in [0.05, 0.1) is 0 Å². The standard InChI is InChI=1S/C14H30N2/c1-4-6-9-14(5-2)16(3)12-13-8-7-10-15-11-13/h13-15H,4-12H2,1-3H3. The molecule has 96 valence electrons. The molecular weight excluding hydrogens is 196 g/mol. The van der Waals surface area contributed by atoms with E-state index in [4.69, 9.17) is 0 Å². The Balaban J connectivity index is 2.26. The molecule has 0 aromatic heterocycles. The highest BCUT2D eigenvalue weighted by molar-refractivity contribution is 4.75. The Morgan fingerprint density at radius 3 is 2.75 bits per heavy atom. The van der Waals surface area contributed by atoms with E-state index in [1.54, 1.807) is 0 Å². The van der Waals surface area contributed by atoms with Gasteiger partial charge in [-0.25, -0.2) is 0 Å². The van der Waals surface area contributed by atoms with Crippen LogP contribution in [0.1, 0.15) is 52.4 Å². The molecule has 1 heterocycles. The average Bonchev–Trinajstić information content (AvgIpc) is 2.31. The molecule has 0 saturated carbocycles. The second-order valence-electron chi connectivity index (χ2n) is 5.36. The first-order valence-corrected chi connectivity index (χ1v) is 7.18. The molecule has 1 aliphatic heterocycles. The van der Waals surface area contributed by atoms with E-state index in [1.807, 2.05) is 0 Å². The molecule has 0 bridgehead atoms. The smallest absolute Gasteiger partial charge is 0.00897 e. The van der Waals surface area contributed by atoms with E-state index in [0.29, 0.717) is 0 Å². The van der Waals surface area contributed by atoms with Crippen molar-refractivity contribution in [1.82, 2.24) is 10.2 Å². The van der Waals surface area contributed by atoms with Crippen LogP contribution < -0.4 is 5.32 Å². The third kappa shape index (κ3) is 4.84. The van der Waals surface area contributed by atoms with Crippen LogP contribution in [0.3, 0.4) is 0 Å². The van der Waals surface area contributed by atoms with Crippen LogP contribution in [0, 0.1) is 5.92 Å². The zero-order chi connectivity index (χ0) is 11.8. The van der Waals surface area contributed by atoms with E-state index in [9.17, 15) is 0 Å². The quantitative estimate of drug-likeness (QED) is 0.718. The molecule has 1 rings (SSSR count). The van der Waals surface area contributed by atoms with Crippen LogP contribution in [-0.4, -0.2) is 37.6 Å². The first-order chi connectivity index (χ1) is 7.77. The van der Waals surface area contributed by atoms with E-state index in [2.05, 4.69) is 31.1 Å². The van der Waals surface area contributed by atoms with Gasteiger partial charge in [-0.3, -0.25) is 0 Å². The molecule has 0 aliphatic carbocycles. The largest absolute Gasteiger partial charge is 0.316 e. The first-order valence-electron chi connectivity index (χ1n) is 7.18. The molecule has 2 atom stereocenters. The van der Waals surface area contributed by atoms with E-state index in [0.717, 1.165) is 12.0 Å². The first kappa shape index (κ1) is 14.0. The van der Waals surface area contributed by atoms with Gasteiger partial charge in [-0.1, -0.05) is 26.7 Å². The summed E-state index contributed by atoms with van der Waals surface area (Å²) >= 11 is 0. The lowest BCUT2D eigenvalue weighted by molar-refractivity contribution is 0.174. The lowest BCUT2D eigenvalue weighted by Gasteiger charge is -2.32. The van der Waals surface area contributed by atoms with Gasteiger partial charge < -0.3 is 10.2 Å². The van der Waals surface area contributed by atoms with E-state index < -0.39 is 0 Å². The van der Waals surface area contributed by atoms with Crippen molar-refractivity contribution in [3.63, 3.8) is 0 Å². The molecule has 0 aromatic rings. The minimum absolute atomic E-state index is 0.807. The van der Waals surface area contributed by atoms with Crippen LogP contribution in [0.25, 0.3) is 0 Å². The summed E-state index contributed by atoms with van der Waals surface area (Å²) in [6.07, 6.45) is 8.17. The van der Waals surface area contributed by atoms with Crippen molar-refractivity contribution in [3.8, 4) is 0 Å². The lowest BCUT2D eigenvalue weighted by Crippen LogP contribution is -2.40. The van der Waals surface area contributed by atoms with Gasteiger partial charge in [0.15, 0.2) is 0 Å². The Morgan fingerprint density at radius 2 is 2.19 bits per heavy atom. The van der Waals surface area contributed by atoms with Gasteiger partial charge >= 0.3 is 0 Å². The summed E-state index contributed by atoms with van der Waals surface area (Å²) in [6.45, 7) is 8.37. The summed E-state index contributed by atoms with van der Waals surface area (Å²) in [4.78, 5) is 2.60. The summed E-state index contributed by atoms with van der Waals surface area (Å²) < 4.78 is 0. The molecule has 0 radical (unpaired) electrons. The Labute approximate surface area is 102 Å². The van der Waals surface area contributed by atoms with Crippen molar-refractivity contribution in [3.05, 3.63) is 0 Å². The van der Waals surface area contributed by atoms with Crippen LogP contribution in [0.2, 0.25) is 0 Å². The molecule has 0 amide bonds. The van der Waals surface area contributed by atoms with Crippen molar-refractivity contribution >= 4 is 0 Å². The van der Waals surface area contributed by atoms with Crippen LogP contribution in [0.4, 0.5) is 0 Å². The van der Waals surface area contributed by atoms with Crippen LogP contribution in [0.15, 0.2) is 0 Å². The van der Waals surface area contributed by atoms with Crippen LogP contribution in [0.5, 0.6) is 0 Å². The third-order valence-electron chi connectivity index (χ3n) is 3.93. The number of nitrogens with one attached hydrogen (secondary N) is 1. The summed E-state index contributed by atoms with van der Waals surface area (Å²) in [5.74, 6) is 0.884. The minimum Gasteiger partial charge on any atom is -0.316 e. The Kier molecular flexibility index (Phi) is 7.06. The van der Waals surface area contributed by atoms with E-state index in [-0.39, 0.29) is 0 Å². The molecule has 2 heteroatoms. The molecule has 1 aliphatic rings. The average molecular weight is 226 g/mol. The summed E-state index contributed by atoms with van der Waals surface area (Å²) in [6, 6.07) is 0.807. The van der Waals surface area contributed by atoms with Crippen molar-refractivity contribution in [2.45, 2.75) is 58.4 Å². The molecule has 2 unspecified atom stereocenters. The summed E-state index contributed by atoms with van der Waals surface area (Å²) in [5, 5.41) is 3.51. The maximum Gasteiger partial charge on any atom is 0.00897 e. The predicted octanol–water partition coefficient (Wildman–Crippen LogP) is 2.89. The van der Waals surface area contributed by atoms with Gasteiger partial charge in [0.2, 0.25) is 0 Å². The van der Waals surface area contributed by atoms with Crippen LogP contribution >= 0.6 is 0 Å². The van der Waals surface area contributed by atoms with Gasteiger partial charge in [0, 0.05) is 12.6 Å². The molecule has 2 nitrogen and oxygen atoms in total. The molecule has 1 fully saturated rings. The fourth-order valence-corrected chi connectivity index (χ4v) is 2.81. The fourth-order valence-electron chi connectivity index (χ4n) is 2.81. The van der Waals surface area contributed by atoms with Gasteiger partial charge in [-0.2, -0.15) is 0 Å². The molecule has 1 N–H and O–H groups in total. The highest BCUT2D eigenvalue weighted by Crippen LogP contribution is 2.16. The Hall–Kier alpha value is -0.0800. The van der Waals surface area contributed by atoms with Gasteiger partial charge in [-0.05, 0) is 51.7 Å². The highest BCUT2D eigenvalue weighted by Gasteiger charge is 2.18. The molecule has 0 aromatic carbocycles. The topological polar surface area (TPSA) is 15.3 Å². The molecule has 16 heavy (non-hydrogen) atoms. The second-order valence-corrected chi connectivity index (χ2v) is 5.36. The van der Waals surface area contributed by atoms with Gasteiger partial charge in [0.1, 0.15) is 0 Å². The second kappa shape index (κ2) is 8.08. The third-order valence-corrected chi connectivity index (χ3v) is 3.93. The predicted molar refractivity (Wildman–Crippen MR) is 71.8 cm³/mol. The number of rotatable bonds is 7. The lowest BCUT2D eigenvalue weighted by atomic mass is 9.97. The maximum atomic E-state index is 3.51. The zero-order valence-electron chi connectivity index (χ0n) is 11.5. The number of unbranched alkanes of at least 4 members (excludes halogenated alkanes) is 1. The van der Waals surface area contributed by atoms with Crippen molar-refractivity contribution < 1.29 is 0 Å². The number of piperidine rings is 1. The van der Waals surface area contributed by atoms with Crippen molar-refractivity contribution in [2.24, 2.45) is 5.92 Å².